The molecule has 0 heterocycles. The lowest BCUT2D eigenvalue weighted by molar-refractivity contribution is -0.133. The maximum atomic E-state index is 12.0. The Labute approximate surface area is 126 Å². The van der Waals surface area contributed by atoms with Gasteiger partial charge in [0.2, 0.25) is 5.91 Å². The van der Waals surface area contributed by atoms with Crippen LogP contribution in [0.5, 0.6) is 5.75 Å². The number of ether oxygens (including phenoxy) is 1. The van der Waals surface area contributed by atoms with Crippen molar-refractivity contribution in [2.45, 2.75) is 52.1 Å². The summed E-state index contributed by atoms with van der Waals surface area (Å²) in [4.78, 5) is 23.5. The van der Waals surface area contributed by atoms with Crippen molar-refractivity contribution < 1.29 is 14.3 Å². The van der Waals surface area contributed by atoms with Crippen LogP contribution in [0.15, 0.2) is 30.3 Å². The Bertz CT molecular complexity index is 434. The maximum absolute atomic E-state index is 12.0. The van der Waals surface area contributed by atoms with Gasteiger partial charge in [-0.2, -0.15) is 0 Å². The first-order chi connectivity index (χ1) is 10.2. The van der Waals surface area contributed by atoms with E-state index in [1.807, 2.05) is 25.1 Å². The summed E-state index contributed by atoms with van der Waals surface area (Å²) in [6.07, 6.45) is 3.22. The third-order valence-corrected chi connectivity index (χ3v) is 3.02. The van der Waals surface area contributed by atoms with Gasteiger partial charge in [-0.25, -0.2) is 0 Å². The van der Waals surface area contributed by atoms with Crippen LogP contribution >= 0.6 is 0 Å². The van der Waals surface area contributed by atoms with Gasteiger partial charge in [0, 0.05) is 6.42 Å². The van der Waals surface area contributed by atoms with E-state index >= 15 is 0 Å². The van der Waals surface area contributed by atoms with Crippen molar-refractivity contribution in [1.82, 2.24) is 10.9 Å². The Hall–Kier alpha value is -2.04. The number of carbonyl (C=O) groups is 2. The fourth-order valence-corrected chi connectivity index (χ4v) is 1.80. The number of carbonyl (C=O) groups excluding carboxylic acids is 2. The zero-order valence-corrected chi connectivity index (χ0v) is 12.7. The fourth-order valence-electron chi connectivity index (χ4n) is 1.80. The molecule has 0 aliphatic rings. The van der Waals surface area contributed by atoms with Crippen molar-refractivity contribution in [3.63, 3.8) is 0 Å². The summed E-state index contributed by atoms with van der Waals surface area (Å²) in [6, 6.07) is 9.15. The highest BCUT2D eigenvalue weighted by molar-refractivity contribution is 5.84. The highest BCUT2D eigenvalue weighted by Gasteiger charge is 2.18. The van der Waals surface area contributed by atoms with E-state index in [9.17, 15) is 9.59 Å². The first kappa shape index (κ1) is 17.0. The van der Waals surface area contributed by atoms with Crippen LogP contribution in [0.25, 0.3) is 0 Å². The van der Waals surface area contributed by atoms with Gasteiger partial charge in [0.1, 0.15) is 5.75 Å². The second-order valence-electron chi connectivity index (χ2n) is 4.82. The molecule has 0 fully saturated rings. The van der Waals surface area contributed by atoms with Crippen molar-refractivity contribution in [1.29, 1.82) is 0 Å². The molecule has 0 aromatic heterocycles. The van der Waals surface area contributed by atoms with Crippen LogP contribution in [0.3, 0.4) is 0 Å². The van der Waals surface area contributed by atoms with E-state index in [1.165, 1.54) is 0 Å². The average molecular weight is 292 g/mol. The van der Waals surface area contributed by atoms with Crippen LogP contribution in [0.4, 0.5) is 0 Å². The molecule has 0 aliphatic heterocycles. The molecule has 0 bridgehead atoms. The van der Waals surface area contributed by atoms with Crippen molar-refractivity contribution in [3.05, 3.63) is 30.3 Å². The Morgan fingerprint density at radius 3 is 2.43 bits per heavy atom. The molecule has 0 saturated heterocycles. The molecule has 0 aliphatic carbocycles. The van der Waals surface area contributed by atoms with E-state index in [2.05, 4.69) is 17.8 Å². The summed E-state index contributed by atoms with van der Waals surface area (Å²) >= 11 is 0. The normalized spacial score (nSPS) is 11.5. The summed E-state index contributed by atoms with van der Waals surface area (Å²) in [5, 5.41) is 0. The molecule has 116 valence electrons. The predicted octanol–water partition coefficient (Wildman–Crippen LogP) is 2.57. The molecule has 0 radical (unpaired) electrons. The van der Waals surface area contributed by atoms with Gasteiger partial charge in [-0.05, 0) is 25.0 Å². The number of hydrazine groups is 1. The molecule has 0 spiro atoms. The van der Waals surface area contributed by atoms with Crippen molar-refractivity contribution >= 4 is 11.8 Å². The zero-order chi connectivity index (χ0) is 15.5. The Morgan fingerprint density at radius 1 is 1.10 bits per heavy atom. The quantitative estimate of drug-likeness (QED) is 0.571. The zero-order valence-electron chi connectivity index (χ0n) is 12.7. The largest absolute Gasteiger partial charge is 0.481 e. The summed E-state index contributed by atoms with van der Waals surface area (Å²) in [5.74, 6) is 0.116. The number of rotatable bonds is 8. The molecule has 5 heteroatoms. The molecule has 1 atom stereocenters. The van der Waals surface area contributed by atoms with E-state index in [4.69, 9.17) is 4.74 Å². The first-order valence-electron chi connectivity index (χ1n) is 7.47. The molecule has 1 aromatic rings. The molecule has 1 rings (SSSR count). The van der Waals surface area contributed by atoms with Gasteiger partial charge >= 0.3 is 0 Å². The summed E-state index contributed by atoms with van der Waals surface area (Å²) < 4.78 is 5.59. The van der Waals surface area contributed by atoms with Gasteiger partial charge in [-0.15, -0.1) is 0 Å². The molecule has 0 saturated carbocycles. The van der Waals surface area contributed by atoms with Gasteiger partial charge in [0.15, 0.2) is 6.10 Å². The first-order valence-corrected chi connectivity index (χ1v) is 7.47. The summed E-state index contributed by atoms with van der Waals surface area (Å²) in [5.41, 5.74) is 4.84. The van der Waals surface area contributed by atoms with E-state index in [0.717, 1.165) is 19.3 Å². The molecule has 1 aromatic carbocycles. The van der Waals surface area contributed by atoms with E-state index in [1.54, 1.807) is 12.1 Å². The monoisotopic (exact) mass is 292 g/mol. The van der Waals surface area contributed by atoms with Crippen LogP contribution in [-0.4, -0.2) is 17.9 Å². The predicted molar refractivity (Wildman–Crippen MR) is 81.6 cm³/mol. The smallest absolute Gasteiger partial charge is 0.279 e. The number of amides is 2. The minimum Gasteiger partial charge on any atom is -0.481 e. The van der Waals surface area contributed by atoms with E-state index in [-0.39, 0.29) is 11.8 Å². The fraction of sp³-hybridized carbons (Fsp3) is 0.500. The molecule has 2 N–H and O–H groups in total. The molecule has 2 amide bonds. The Kier molecular flexibility index (Phi) is 7.94. The Balaban J connectivity index is 2.36. The van der Waals surface area contributed by atoms with Crippen LogP contribution in [0.2, 0.25) is 0 Å². The van der Waals surface area contributed by atoms with Gasteiger partial charge in [-0.1, -0.05) is 44.9 Å². The average Bonchev–Trinajstić information content (AvgIpc) is 2.51. The molecular weight excluding hydrogens is 268 g/mol. The number of hydrogen-bond donors (Lipinski definition) is 2. The molecular formula is C16H24N2O3. The second kappa shape index (κ2) is 9.80. The second-order valence-corrected chi connectivity index (χ2v) is 4.82. The van der Waals surface area contributed by atoms with Gasteiger partial charge in [0.05, 0.1) is 0 Å². The molecule has 5 nitrogen and oxygen atoms in total. The standard InChI is InChI=1S/C16H24N2O3/c1-3-5-7-12-15(19)17-18-16(20)14(4-2)21-13-10-8-6-9-11-13/h6,8-11,14H,3-5,7,12H2,1-2H3,(H,17,19)(H,18,20). The highest BCUT2D eigenvalue weighted by atomic mass is 16.5. The van der Waals surface area contributed by atoms with Crippen molar-refractivity contribution in [3.8, 4) is 5.75 Å². The highest BCUT2D eigenvalue weighted by Crippen LogP contribution is 2.12. The van der Waals surface area contributed by atoms with Crippen LogP contribution in [-0.2, 0) is 9.59 Å². The summed E-state index contributed by atoms with van der Waals surface area (Å²) in [7, 11) is 0. The lowest BCUT2D eigenvalue weighted by atomic mass is 10.2. The number of nitrogens with one attached hydrogen (secondary N) is 2. The minimum absolute atomic E-state index is 0.175. The number of unbranched alkanes of at least 4 members (excludes halogenated alkanes) is 2. The molecule has 1 unspecified atom stereocenters. The minimum atomic E-state index is -0.622. The van der Waals surface area contributed by atoms with Crippen molar-refractivity contribution in [2.75, 3.05) is 0 Å². The number of para-hydroxylation sites is 1. The van der Waals surface area contributed by atoms with E-state index in [0.29, 0.717) is 18.6 Å². The van der Waals surface area contributed by atoms with E-state index < -0.39 is 6.10 Å². The third kappa shape index (κ3) is 6.79. The number of hydrogen-bond acceptors (Lipinski definition) is 3. The topological polar surface area (TPSA) is 67.4 Å². The van der Waals surface area contributed by atoms with Gasteiger partial charge in [0.25, 0.3) is 5.91 Å². The summed E-state index contributed by atoms with van der Waals surface area (Å²) in [6.45, 7) is 3.93. The van der Waals surface area contributed by atoms with Crippen molar-refractivity contribution in [2.24, 2.45) is 0 Å². The SMILES string of the molecule is CCCCCC(=O)NNC(=O)C(CC)Oc1ccccc1. The maximum Gasteiger partial charge on any atom is 0.279 e. The Morgan fingerprint density at radius 2 is 1.81 bits per heavy atom. The van der Waals surface area contributed by atoms with Crippen LogP contribution in [0, 0.1) is 0 Å². The van der Waals surface area contributed by atoms with Gasteiger partial charge < -0.3 is 4.74 Å². The van der Waals surface area contributed by atoms with Gasteiger partial charge in [-0.3, -0.25) is 20.4 Å². The van der Waals surface area contributed by atoms with Crippen LogP contribution < -0.4 is 15.6 Å². The lowest BCUT2D eigenvalue weighted by Gasteiger charge is -2.17. The number of benzene rings is 1. The molecule has 21 heavy (non-hydrogen) atoms. The third-order valence-electron chi connectivity index (χ3n) is 3.02. The lowest BCUT2D eigenvalue weighted by Crippen LogP contribution is -2.47. The van der Waals surface area contributed by atoms with Crippen LogP contribution in [0.1, 0.15) is 46.0 Å².